The van der Waals surface area contributed by atoms with Crippen LogP contribution in [-0.4, -0.2) is 21.3 Å². The topological polar surface area (TPSA) is 30.5 Å². The van der Waals surface area contributed by atoms with Crippen LogP contribution in [0.4, 0.5) is 0 Å². The Bertz CT molecular complexity index is 596. The van der Waals surface area contributed by atoms with Gasteiger partial charge in [0.05, 0.1) is 14.2 Å². The van der Waals surface area contributed by atoms with Crippen LogP contribution in [0.5, 0.6) is 11.5 Å². The highest BCUT2D eigenvalue weighted by Gasteiger charge is 2.18. The highest BCUT2D eigenvalue weighted by Crippen LogP contribution is 2.35. The van der Waals surface area contributed by atoms with E-state index in [1.54, 1.807) is 14.2 Å². The Morgan fingerprint density at radius 1 is 1.05 bits per heavy atom. The smallest absolute Gasteiger partial charge is 0.165 e. The second kappa shape index (κ2) is 7.14. The summed E-state index contributed by atoms with van der Waals surface area (Å²) in [6, 6.07) is 14.8. The van der Waals surface area contributed by atoms with Crippen LogP contribution < -0.4 is 14.8 Å². The molecule has 0 saturated heterocycles. The molecule has 0 heterocycles. The Kier molecular flexibility index (Phi) is 5.23. The van der Waals surface area contributed by atoms with Crippen LogP contribution in [0.25, 0.3) is 0 Å². The molecule has 0 aliphatic rings. The molecular formula is C18H23NO2. The van der Waals surface area contributed by atoms with Crippen molar-refractivity contribution in [3.8, 4) is 11.5 Å². The summed E-state index contributed by atoms with van der Waals surface area (Å²) >= 11 is 0. The molecule has 0 amide bonds. The lowest BCUT2D eigenvalue weighted by molar-refractivity contribution is 0.347. The summed E-state index contributed by atoms with van der Waals surface area (Å²) in [7, 11) is 5.32. The van der Waals surface area contributed by atoms with Crippen molar-refractivity contribution >= 4 is 0 Å². The number of methoxy groups -OCH3 is 2. The Balaban J connectivity index is 2.33. The fraction of sp³-hybridized carbons (Fsp3) is 0.333. The van der Waals surface area contributed by atoms with E-state index in [0.29, 0.717) is 0 Å². The van der Waals surface area contributed by atoms with Crippen LogP contribution in [0.2, 0.25) is 0 Å². The second-order valence-electron chi connectivity index (χ2n) is 5.12. The molecule has 1 unspecified atom stereocenters. The van der Waals surface area contributed by atoms with E-state index in [0.717, 1.165) is 23.5 Å². The number of hydrogen-bond acceptors (Lipinski definition) is 3. The lowest BCUT2D eigenvalue weighted by Crippen LogP contribution is -2.19. The van der Waals surface area contributed by atoms with Crippen molar-refractivity contribution in [2.75, 3.05) is 21.3 Å². The number of rotatable bonds is 6. The first-order valence-corrected chi connectivity index (χ1v) is 7.13. The molecule has 0 radical (unpaired) electrons. The summed E-state index contributed by atoms with van der Waals surface area (Å²) in [5.41, 5.74) is 3.69. The molecule has 1 atom stereocenters. The van der Waals surface area contributed by atoms with Crippen molar-refractivity contribution in [1.82, 2.24) is 5.32 Å². The molecule has 0 fully saturated rings. The van der Waals surface area contributed by atoms with Crippen LogP contribution in [0, 0.1) is 6.92 Å². The summed E-state index contributed by atoms with van der Waals surface area (Å²) in [5.74, 6) is 1.56. The average molecular weight is 285 g/mol. The molecule has 0 aliphatic carbocycles. The van der Waals surface area contributed by atoms with E-state index in [9.17, 15) is 0 Å². The van der Waals surface area contributed by atoms with Crippen molar-refractivity contribution in [2.45, 2.75) is 19.4 Å². The van der Waals surface area contributed by atoms with Crippen LogP contribution in [0.1, 0.15) is 22.7 Å². The van der Waals surface area contributed by atoms with Crippen molar-refractivity contribution < 1.29 is 9.47 Å². The third-order valence-electron chi connectivity index (χ3n) is 3.68. The Morgan fingerprint density at radius 2 is 1.81 bits per heavy atom. The fourth-order valence-corrected chi connectivity index (χ4v) is 2.63. The Morgan fingerprint density at radius 3 is 2.43 bits per heavy atom. The van der Waals surface area contributed by atoms with Gasteiger partial charge < -0.3 is 14.8 Å². The van der Waals surface area contributed by atoms with Crippen molar-refractivity contribution in [3.05, 3.63) is 59.2 Å². The monoisotopic (exact) mass is 285 g/mol. The van der Waals surface area contributed by atoms with Crippen LogP contribution in [0.15, 0.2) is 42.5 Å². The fourth-order valence-electron chi connectivity index (χ4n) is 2.63. The summed E-state index contributed by atoms with van der Waals surface area (Å²) in [5, 5.41) is 3.38. The molecule has 112 valence electrons. The van der Waals surface area contributed by atoms with Gasteiger partial charge in [-0.3, -0.25) is 0 Å². The van der Waals surface area contributed by atoms with Gasteiger partial charge in [-0.15, -0.1) is 0 Å². The average Bonchev–Trinajstić information content (AvgIpc) is 2.51. The van der Waals surface area contributed by atoms with Gasteiger partial charge in [0.15, 0.2) is 11.5 Å². The lowest BCUT2D eigenvalue weighted by Gasteiger charge is -2.21. The van der Waals surface area contributed by atoms with Gasteiger partial charge in [-0.1, -0.05) is 42.0 Å². The standard InChI is InChI=1S/C18H23NO2/c1-13-7-5-8-14(11-13)12-16(19-2)15-9-6-10-17(20-3)18(15)21-4/h5-11,16,19H,12H2,1-4H3. The zero-order valence-corrected chi connectivity index (χ0v) is 13.1. The number of likely N-dealkylation sites (N-methyl/N-ethyl adjacent to an activating group) is 1. The molecule has 21 heavy (non-hydrogen) atoms. The predicted octanol–water partition coefficient (Wildman–Crippen LogP) is 3.52. The van der Waals surface area contributed by atoms with Crippen molar-refractivity contribution in [3.63, 3.8) is 0 Å². The molecule has 3 heteroatoms. The quantitative estimate of drug-likeness (QED) is 0.881. The number of nitrogens with one attached hydrogen (secondary N) is 1. The number of para-hydroxylation sites is 1. The molecule has 0 bridgehead atoms. The molecule has 1 N–H and O–H groups in total. The molecule has 2 aromatic rings. The molecule has 0 spiro atoms. The summed E-state index contributed by atoms with van der Waals surface area (Å²) in [6.07, 6.45) is 0.904. The van der Waals surface area contributed by atoms with E-state index in [2.05, 4.69) is 42.6 Å². The molecule has 2 rings (SSSR count). The number of aryl methyl sites for hydroxylation is 1. The normalized spacial score (nSPS) is 12.0. The minimum absolute atomic E-state index is 0.178. The van der Waals surface area contributed by atoms with Crippen molar-refractivity contribution in [1.29, 1.82) is 0 Å². The van der Waals surface area contributed by atoms with Gasteiger partial charge in [0.25, 0.3) is 0 Å². The van der Waals surface area contributed by atoms with Gasteiger partial charge in [0.2, 0.25) is 0 Å². The summed E-state index contributed by atoms with van der Waals surface area (Å²) in [4.78, 5) is 0. The maximum Gasteiger partial charge on any atom is 0.165 e. The van der Waals surface area contributed by atoms with Gasteiger partial charge in [-0.25, -0.2) is 0 Å². The summed E-state index contributed by atoms with van der Waals surface area (Å²) < 4.78 is 10.9. The second-order valence-corrected chi connectivity index (χ2v) is 5.12. The highest BCUT2D eigenvalue weighted by atomic mass is 16.5. The van der Waals surface area contributed by atoms with Crippen LogP contribution in [0.3, 0.4) is 0 Å². The molecule has 0 aliphatic heterocycles. The zero-order valence-electron chi connectivity index (χ0n) is 13.1. The van der Waals surface area contributed by atoms with Gasteiger partial charge in [-0.2, -0.15) is 0 Å². The molecule has 0 aromatic heterocycles. The maximum absolute atomic E-state index is 5.55. The minimum atomic E-state index is 0.178. The van der Waals surface area contributed by atoms with E-state index in [4.69, 9.17) is 9.47 Å². The van der Waals surface area contributed by atoms with Crippen LogP contribution >= 0.6 is 0 Å². The first-order valence-electron chi connectivity index (χ1n) is 7.13. The molecular weight excluding hydrogens is 262 g/mol. The third kappa shape index (κ3) is 3.56. The van der Waals surface area contributed by atoms with E-state index in [1.807, 2.05) is 19.2 Å². The van der Waals surface area contributed by atoms with Gasteiger partial charge in [0, 0.05) is 11.6 Å². The van der Waals surface area contributed by atoms with Gasteiger partial charge in [-0.05, 0) is 32.0 Å². The van der Waals surface area contributed by atoms with E-state index in [-0.39, 0.29) is 6.04 Å². The third-order valence-corrected chi connectivity index (χ3v) is 3.68. The first kappa shape index (κ1) is 15.4. The maximum atomic E-state index is 5.55. The SMILES string of the molecule is CNC(Cc1cccc(C)c1)c1cccc(OC)c1OC. The largest absolute Gasteiger partial charge is 0.493 e. The highest BCUT2D eigenvalue weighted by molar-refractivity contribution is 5.48. The minimum Gasteiger partial charge on any atom is -0.493 e. The predicted molar refractivity (Wildman–Crippen MR) is 86.2 cm³/mol. The summed E-state index contributed by atoms with van der Waals surface area (Å²) in [6.45, 7) is 2.12. The van der Waals surface area contributed by atoms with E-state index < -0.39 is 0 Å². The molecule has 3 nitrogen and oxygen atoms in total. The van der Waals surface area contributed by atoms with Crippen molar-refractivity contribution in [2.24, 2.45) is 0 Å². The number of benzene rings is 2. The van der Waals surface area contributed by atoms with E-state index in [1.165, 1.54) is 11.1 Å². The Hall–Kier alpha value is -2.00. The molecule has 0 saturated carbocycles. The van der Waals surface area contributed by atoms with E-state index >= 15 is 0 Å². The van der Waals surface area contributed by atoms with Crippen LogP contribution in [-0.2, 0) is 6.42 Å². The Labute approximate surface area is 126 Å². The lowest BCUT2D eigenvalue weighted by atomic mass is 9.97. The zero-order chi connectivity index (χ0) is 15.2. The van der Waals surface area contributed by atoms with Gasteiger partial charge in [0.1, 0.15) is 0 Å². The van der Waals surface area contributed by atoms with Gasteiger partial charge >= 0.3 is 0 Å². The first-order chi connectivity index (χ1) is 10.2. The molecule has 2 aromatic carbocycles. The number of ether oxygens (including phenoxy) is 2. The number of hydrogen-bond donors (Lipinski definition) is 1.